The Hall–Kier alpha value is -0.650. The molecular weight excluding hydrogens is 244 g/mol. The van der Waals surface area contributed by atoms with E-state index >= 15 is 0 Å². The zero-order chi connectivity index (χ0) is 14.9. The summed E-state index contributed by atoms with van der Waals surface area (Å²) in [5, 5.41) is 11.8. The first kappa shape index (κ1) is 18.4. The van der Waals surface area contributed by atoms with Gasteiger partial charge in [-0.05, 0) is 53.5 Å². The molecule has 0 saturated heterocycles. The number of carbonyl (C=O) groups excluding carboxylic acids is 1. The summed E-state index contributed by atoms with van der Waals surface area (Å²) in [5.41, 5.74) is 4.74. The molecule has 5 nitrogen and oxygen atoms in total. The first-order valence-corrected chi connectivity index (χ1v) is 6.98. The number of rotatable bonds is 10. The molecule has 0 aliphatic rings. The monoisotopic (exact) mass is 274 g/mol. The van der Waals surface area contributed by atoms with E-state index in [1.807, 2.05) is 27.7 Å². The second-order valence-corrected chi connectivity index (χ2v) is 6.16. The second kappa shape index (κ2) is 8.51. The number of hydrogen-bond acceptors (Lipinski definition) is 4. The van der Waals surface area contributed by atoms with Crippen LogP contribution in [0.1, 0.15) is 53.4 Å². The van der Waals surface area contributed by atoms with E-state index in [0.717, 1.165) is 6.42 Å². The number of carbonyl (C=O) groups is 1. The molecule has 114 valence electrons. The number of aliphatic hydroxyl groups excluding tert-OH is 1. The van der Waals surface area contributed by atoms with Crippen LogP contribution in [0.25, 0.3) is 0 Å². The maximum Gasteiger partial charge on any atom is 0.220 e. The van der Waals surface area contributed by atoms with Gasteiger partial charge in [0, 0.05) is 25.2 Å². The number of ether oxygens (including phenoxy) is 1. The predicted molar refractivity (Wildman–Crippen MR) is 76.9 cm³/mol. The van der Waals surface area contributed by atoms with Gasteiger partial charge in [0.15, 0.2) is 0 Å². The highest BCUT2D eigenvalue weighted by molar-refractivity contribution is 5.76. The Morgan fingerprint density at radius 1 is 1.26 bits per heavy atom. The molecule has 0 aromatic rings. The summed E-state index contributed by atoms with van der Waals surface area (Å²) in [5.74, 6) is -0.00560. The Balaban J connectivity index is 4.00. The third-order valence-corrected chi connectivity index (χ3v) is 3.01. The average Bonchev–Trinajstić information content (AvgIpc) is 2.26. The van der Waals surface area contributed by atoms with Crippen LogP contribution in [0.5, 0.6) is 0 Å². The fourth-order valence-corrected chi connectivity index (χ4v) is 1.70. The summed E-state index contributed by atoms with van der Waals surface area (Å²) < 4.78 is 5.70. The van der Waals surface area contributed by atoms with Gasteiger partial charge in [-0.1, -0.05) is 0 Å². The molecule has 19 heavy (non-hydrogen) atoms. The third kappa shape index (κ3) is 9.87. The van der Waals surface area contributed by atoms with Crippen LogP contribution >= 0.6 is 0 Å². The number of aliphatic hydroxyl groups is 1. The number of hydrogen-bond donors (Lipinski definition) is 3. The molecule has 0 atom stereocenters. The van der Waals surface area contributed by atoms with E-state index in [1.54, 1.807) is 0 Å². The van der Waals surface area contributed by atoms with Gasteiger partial charge >= 0.3 is 0 Å². The average molecular weight is 274 g/mol. The highest BCUT2D eigenvalue weighted by atomic mass is 16.5. The minimum absolute atomic E-state index is 0.00560. The van der Waals surface area contributed by atoms with E-state index in [9.17, 15) is 4.79 Å². The lowest BCUT2D eigenvalue weighted by molar-refractivity contribution is -0.124. The molecular formula is C14H30N2O3. The summed E-state index contributed by atoms with van der Waals surface area (Å²) in [6.07, 6.45) is 2.47. The lowest BCUT2D eigenvalue weighted by Crippen LogP contribution is -2.44. The van der Waals surface area contributed by atoms with Gasteiger partial charge in [-0.2, -0.15) is 0 Å². The van der Waals surface area contributed by atoms with Crippen LogP contribution in [-0.2, 0) is 9.53 Å². The Morgan fingerprint density at radius 3 is 2.42 bits per heavy atom. The molecule has 0 heterocycles. The maximum absolute atomic E-state index is 11.8. The molecule has 0 fully saturated rings. The lowest BCUT2D eigenvalue weighted by Gasteiger charge is -2.28. The first-order valence-electron chi connectivity index (χ1n) is 6.98. The highest BCUT2D eigenvalue weighted by Crippen LogP contribution is 2.17. The van der Waals surface area contributed by atoms with Crippen LogP contribution in [0.15, 0.2) is 0 Å². The van der Waals surface area contributed by atoms with Crippen molar-refractivity contribution in [2.75, 3.05) is 19.8 Å². The molecule has 0 unspecified atom stereocenters. The van der Waals surface area contributed by atoms with E-state index in [1.165, 1.54) is 0 Å². The molecule has 1 amide bonds. The van der Waals surface area contributed by atoms with Gasteiger partial charge in [0.05, 0.1) is 5.60 Å². The highest BCUT2D eigenvalue weighted by Gasteiger charge is 2.23. The molecule has 0 bridgehead atoms. The van der Waals surface area contributed by atoms with E-state index in [2.05, 4.69) is 5.32 Å². The molecule has 5 heteroatoms. The van der Waals surface area contributed by atoms with E-state index in [4.69, 9.17) is 15.6 Å². The Labute approximate surface area is 116 Å². The van der Waals surface area contributed by atoms with Crippen molar-refractivity contribution in [3.8, 4) is 0 Å². The molecule has 0 spiro atoms. The summed E-state index contributed by atoms with van der Waals surface area (Å²) in [6, 6.07) is 0. The van der Waals surface area contributed by atoms with Gasteiger partial charge in [0.2, 0.25) is 5.91 Å². The van der Waals surface area contributed by atoms with Crippen molar-refractivity contribution in [1.82, 2.24) is 5.32 Å². The van der Waals surface area contributed by atoms with Crippen molar-refractivity contribution in [1.29, 1.82) is 0 Å². The van der Waals surface area contributed by atoms with Crippen LogP contribution < -0.4 is 11.1 Å². The summed E-state index contributed by atoms with van der Waals surface area (Å²) in [6.45, 7) is 9.09. The van der Waals surface area contributed by atoms with Crippen molar-refractivity contribution < 1.29 is 14.6 Å². The standard InChI is InChI=1S/C14H30N2O3/c1-13(2,8-10-17)16-12(18)6-7-14(3,4)19-11-5-9-15/h17H,5-11,15H2,1-4H3,(H,16,18). The molecule has 0 aliphatic heterocycles. The van der Waals surface area contributed by atoms with Gasteiger partial charge in [0.25, 0.3) is 0 Å². The van der Waals surface area contributed by atoms with Gasteiger partial charge in [-0.15, -0.1) is 0 Å². The van der Waals surface area contributed by atoms with Crippen LogP contribution in [0.3, 0.4) is 0 Å². The zero-order valence-corrected chi connectivity index (χ0v) is 12.8. The lowest BCUT2D eigenvalue weighted by atomic mass is 9.99. The van der Waals surface area contributed by atoms with Gasteiger partial charge in [-0.3, -0.25) is 4.79 Å². The number of nitrogens with two attached hydrogens (primary N) is 1. The topological polar surface area (TPSA) is 84.6 Å². The number of amides is 1. The van der Waals surface area contributed by atoms with Crippen LogP contribution in [0, 0.1) is 0 Å². The van der Waals surface area contributed by atoms with Gasteiger partial charge in [0.1, 0.15) is 0 Å². The van der Waals surface area contributed by atoms with Crippen molar-refractivity contribution in [2.45, 2.75) is 64.5 Å². The Kier molecular flexibility index (Phi) is 8.22. The quantitative estimate of drug-likeness (QED) is 0.522. The summed E-state index contributed by atoms with van der Waals surface area (Å²) in [7, 11) is 0. The predicted octanol–water partition coefficient (Wildman–Crippen LogP) is 1.19. The van der Waals surface area contributed by atoms with Crippen molar-refractivity contribution in [2.24, 2.45) is 5.73 Å². The van der Waals surface area contributed by atoms with E-state index in [-0.39, 0.29) is 23.7 Å². The molecule has 4 N–H and O–H groups in total. The van der Waals surface area contributed by atoms with Crippen molar-refractivity contribution in [3.63, 3.8) is 0 Å². The molecule has 0 aromatic heterocycles. The van der Waals surface area contributed by atoms with Crippen molar-refractivity contribution >= 4 is 5.91 Å². The zero-order valence-electron chi connectivity index (χ0n) is 12.8. The normalized spacial score (nSPS) is 12.5. The molecule has 0 radical (unpaired) electrons. The molecule has 0 rings (SSSR count). The second-order valence-electron chi connectivity index (χ2n) is 6.16. The molecule has 0 saturated carbocycles. The summed E-state index contributed by atoms with van der Waals surface area (Å²) >= 11 is 0. The first-order chi connectivity index (χ1) is 8.72. The fraction of sp³-hybridized carbons (Fsp3) is 0.929. The largest absolute Gasteiger partial charge is 0.396 e. The smallest absolute Gasteiger partial charge is 0.220 e. The fourth-order valence-electron chi connectivity index (χ4n) is 1.70. The third-order valence-electron chi connectivity index (χ3n) is 3.01. The maximum atomic E-state index is 11.8. The van der Waals surface area contributed by atoms with Gasteiger partial charge < -0.3 is 20.9 Å². The minimum Gasteiger partial charge on any atom is -0.396 e. The van der Waals surface area contributed by atoms with E-state index in [0.29, 0.717) is 32.4 Å². The number of nitrogens with one attached hydrogen (secondary N) is 1. The Morgan fingerprint density at radius 2 is 1.89 bits per heavy atom. The van der Waals surface area contributed by atoms with Crippen LogP contribution in [0.2, 0.25) is 0 Å². The summed E-state index contributed by atoms with van der Waals surface area (Å²) in [4.78, 5) is 11.8. The SMILES string of the molecule is CC(C)(CCO)NC(=O)CCC(C)(C)OCCCN. The van der Waals surface area contributed by atoms with Crippen molar-refractivity contribution in [3.05, 3.63) is 0 Å². The van der Waals surface area contributed by atoms with E-state index < -0.39 is 0 Å². The van der Waals surface area contributed by atoms with Crippen LogP contribution in [-0.4, -0.2) is 41.9 Å². The molecule has 0 aliphatic carbocycles. The molecule has 0 aromatic carbocycles. The Bertz CT molecular complexity index is 265. The van der Waals surface area contributed by atoms with Gasteiger partial charge in [-0.25, -0.2) is 0 Å². The van der Waals surface area contributed by atoms with Crippen LogP contribution in [0.4, 0.5) is 0 Å². The minimum atomic E-state index is -0.365.